The first-order chi connectivity index (χ1) is 9.49. The second-order valence-corrected chi connectivity index (χ2v) is 4.05. The number of benzene rings is 1. The van der Waals surface area contributed by atoms with E-state index in [0.29, 0.717) is 18.0 Å². The largest absolute Gasteiger partial charge is 0.497 e. The molecule has 7 heteroatoms. The van der Waals surface area contributed by atoms with Crippen molar-refractivity contribution in [3.63, 3.8) is 0 Å². The second kappa shape index (κ2) is 7.34. The normalized spacial score (nSPS) is 11.4. The molecule has 0 saturated heterocycles. The van der Waals surface area contributed by atoms with Crippen LogP contribution >= 0.6 is 0 Å². The SMILES string of the molecule is CNC(=O)NC(=O)C(C)Oc1cc(CN)cc(OC)c1. The van der Waals surface area contributed by atoms with Gasteiger partial charge in [0.2, 0.25) is 0 Å². The molecule has 0 aliphatic rings. The molecule has 1 aromatic rings. The summed E-state index contributed by atoms with van der Waals surface area (Å²) in [5, 5.41) is 4.43. The Morgan fingerprint density at radius 3 is 2.50 bits per heavy atom. The standard InChI is InChI=1S/C13H19N3O4/c1-8(12(17)16-13(18)15-2)20-11-5-9(7-14)4-10(6-11)19-3/h4-6,8H,7,14H2,1-3H3,(H2,15,16,17,18). The third-order valence-electron chi connectivity index (χ3n) is 2.56. The van der Waals surface area contributed by atoms with Crippen LogP contribution in [0.3, 0.4) is 0 Å². The Labute approximate surface area is 117 Å². The Morgan fingerprint density at radius 2 is 1.95 bits per heavy atom. The van der Waals surface area contributed by atoms with Gasteiger partial charge in [0.05, 0.1) is 7.11 Å². The predicted molar refractivity (Wildman–Crippen MR) is 73.6 cm³/mol. The minimum Gasteiger partial charge on any atom is -0.497 e. The molecule has 0 saturated carbocycles. The number of hydrogen-bond acceptors (Lipinski definition) is 5. The molecule has 3 amide bonds. The predicted octanol–water partition coefficient (Wildman–Crippen LogP) is 0.377. The van der Waals surface area contributed by atoms with E-state index in [1.54, 1.807) is 25.1 Å². The summed E-state index contributed by atoms with van der Waals surface area (Å²) in [5.74, 6) is 0.493. The summed E-state index contributed by atoms with van der Waals surface area (Å²) in [6.45, 7) is 1.87. The molecule has 1 unspecified atom stereocenters. The first kappa shape index (κ1) is 15.8. The highest BCUT2D eigenvalue weighted by atomic mass is 16.5. The monoisotopic (exact) mass is 281 g/mol. The average molecular weight is 281 g/mol. The number of methoxy groups -OCH3 is 1. The van der Waals surface area contributed by atoms with Crippen molar-refractivity contribution in [2.75, 3.05) is 14.2 Å². The number of urea groups is 1. The number of hydrogen-bond donors (Lipinski definition) is 3. The van der Waals surface area contributed by atoms with E-state index in [2.05, 4.69) is 10.6 Å². The lowest BCUT2D eigenvalue weighted by Crippen LogP contribution is -2.43. The Hall–Kier alpha value is -2.28. The van der Waals surface area contributed by atoms with Gasteiger partial charge < -0.3 is 20.5 Å². The molecule has 0 radical (unpaired) electrons. The van der Waals surface area contributed by atoms with Crippen LogP contribution in [0.4, 0.5) is 4.79 Å². The Morgan fingerprint density at radius 1 is 1.30 bits per heavy atom. The maximum atomic E-state index is 11.7. The topological polar surface area (TPSA) is 103 Å². The van der Waals surface area contributed by atoms with Crippen LogP contribution in [0.15, 0.2) is 18.2 Å². The maximum absolute atomic E-state index is 11.7. The van der Waals surface area contributed by atoms with Crippen molar-refractivity contribution in [2.24, 2.45) is 5.73 Å². The van der Waals surface area contributed by atoms with Crippen molar-refractivity contribution in [1.29, 1.82) is 0 Å². The molecule has 1 atom stereocenters. The number of carbonyl (C=O) groups excluding carboxylic acids is 2. The van der Waals surface area contributed by atoms with Crippen LogP contribution in [0.25, 0.3) is 0 Å². The molecule has 0 aliphatic carbocycles. The van der Waals surface area contributed by atoms with Gasteiger partial charge in [0, 0.05) is 19.7 Å². The Bertz CT molecular complexity index is 468. The molecule has 110 valence electrons. The van der Waals surface area contributed by atoms with Gasteiger partial charge in [-0.15, -0.1) is 0 Å². The molecule has 4 N–H and O–H groups in total. The van der Waals surface area contributed by atoms with Crippen LogP contribution in [0.1, 0.15) is 12.5 Å². The van der Waals surface area contributed by atoms with Crippen LogP contribution in [0.5, 0.6) is 11.5 Å². The maximum Gasteiger partial charge on any atom is 0.321 e. The van der Waals surface area contributed by atoms with Gasteiger partial charge in [-0.05, 0) is 24.6 Å². The number of amides is 3. The fourth-order valence-electron chi connectivity index (χ4n) is 1.47. The summed E-state index contributed by atoms with van der Waals surface area (Å²) in [6.07, 6.45) is -0.829. The molecular weight excluding hydrogens is 262 g/mol. The van der Waals surface area contributed by atoms with Crippen LogP contribution in [0.2, 0.25) is 0 Å². The van der Waals surface area contributed by atoms with E-state index in [0.717, 1.165) is 5.56 Å². The quantitative estimate of drug-likeness (QED) is 0.724. The molecule has 7 nitrogen and oxygen atoms in total. The van der Waals surface area contributed by atoms with Crippen molar-refractivity contribution in [3.05, 3.63) is 23.8 Å². The Balaban J connectivity index is 2.76. The molecule has 0 spiro atoms. The number of ether oxygens (including phenoxy) is 2. The smallest absolute Gasteiger partial charge is 0.321 e. The van der Waals surface area contributed by atoms with Crippen molar-refractivity contribution in [2.45, 2.75) is 19.6 Å². The van der Waals surface area contributed by atoms with Gasteiger partial charge in [0.15, 0.2) is 6.10 Å². The van der Waals surface area contributed by atoms with Crippen molar-refractivity contribution in [1.82, 2.24) is 10.6 Å². The van der Waals surface area contributed by atoms with Crippen LogP contribution in [-0.4, -0.2) is 32.2 Å². The molecule has 0 aliphatic heterocycles. The van der Waals surface area contributed by atoms with Crippen molar-refractivity contribution in [3.8, 4) is 11.5 Å². The summed E-state index contributed by atoms with van der Waals surface area (Å²) in [5.41, 5.74) is 6.39. The summed E-state index contributed by atoms with van der Waals surface area (Å²) < 4.78 is 10.6. The van der Waals surface area contributed by atoms with Crippen molar-refractivity contribution < 1.29 is 19.1 Å². The van der Waals surface area contributed by atoms with Gasteiger partial charge in [-0.25, -0.2) is 4.79 Å². The van der Waals surface area contributed by atoms with Gasteiger partial charge >= 0.3 is 6.03 Å². The van der Waals surface area contributed by atoms with Crippen molar-refractivity contribution >= 4 is 11.9 Å². The summed E-state index contributed by atoms with van der Waals surface area (Å²) in [7, 11) is 2.95. The van der Waals surface area contributed by atoms with Gasteiger partial charge in [-0.3, -0.25) is 10.1 Å². The first-order valence-corrected chi connectivity index (χ1v) is 6.07. The minimum atomic E-state index is -0.829. The van der Waals surface area contributed by atoms with Crippen LogP contribution in [0, 0.1) is 0 Å². The highest BCUT2D eigenvalue weighted by Crippen LogP contribution is 2.23. The number of nitrogens with two attached hydrogens (primary N) is 1. The molecule has 0 heterocycles. The van der Waals surface area contributed by atoms with E-state index in [-0.39, 0.29) is 0 Å². The zero-order valence-electron chi connectivity index (χ0n) is 11.7. The first-order valence-electron chi connectivity index (χ1n) is 6.07. The van der Waals surface area contributed by atoms with Gasteiger partial charge in [0.1, 0.15) is 11.5 Å². The number of imide groups is 1. The molecule has 20 heavy (non-hydrogen) atoms. The summed E-state index contributed by atoms with van der Waals surface area (Å²) >= 11 is 0. The molecule has 1 rings (SSSR count). The highest BCUT2D eigenvalue weighted by Gasteiger charge is 2.17. The van der Waals surface area contributed by atoms with E-state index in [1.165, 1.54) is 14.2 Å². The number of nitrogens with one attached hydrogen (secondary N) is 2. The second-order valence-electron chi connectivity index (χ2n) is 4.05. The molecule has 0 fully saturated rings. The molecule has 0 bridgehead atoms. The van der Waals surface area contributed by atoms with Crippen LogP contribution < -0.4 is 25.8 Å². The third kappa shape index (κ3) is 4.43. The van der Waals surface area contributed by atoms with E-state index in [4.69, 9.17) is 15.2 Å². The third-order valence-corrected chi connectivity index (χ3v) is 2.56. The lowest BCUT2D eigenvalue weighted by molar-refractivity contribution is -0.126. The zero-order valence-corrected chi connectivity index (χ0v) is 11.7. The minimum absolute atomic E-state index is 0.326. The summed E-state index contributed by atoms with van der Waals surface area (Å²) in [4.78, 5) is 22.7. The number of carbonyl (C=O) groups is 2. The van der Waals surface area contributed by atoms with E-state index >= 15 is 0 Å². The lowest BCUT2D eigenvalue weighted by Gasteiger charge is -2.15. The average Bonchev–Trinajstić information content (AvgIpc) is 2.46. The number of rotatable bonds is 5. The van der Waals surface area contributed by atoms with Gasteiger partial charge in [-0.1, -0.05) is 0 Å². The lowest BCUT2D eigenvalue weighted by atomic mass is 10.2. The van der Waals surface area contributed by atoms with E-state index in [9.17, 15) is 9.59 Å². The fourth-order valence-corrected chi connectivity index (χ4v) is 1.47. The van der Waals surface area contributed by atoms with Crippen LogP contribution in [-0.2, 0) is 11.3 Å². The van der Waals surface area contributed by atoms with E-state index < -0.39 is 18.0 Å². The zero-order chi connectivity index (χ0) is 15.1. The highest BCUT2D eigenvalue weighted by molar-refractivity contribution is 5.96. The Kier molecular flexibility index (Phi) is 5.79. The molecular formula is C13H19N3O4. The molecule has 0 aromatic heterocycles. The fraction of sp³-hybridized carbons (Fsp3) is 0.385. The van der Waals surface area contributed by atoms with Gasteiger partial charge in [-0.2, -0.15) is 0 Å². The summed E-state index contributed by atoms with van der Waals surface area (Å²) in [6, 6.07) is 4.55. The van der Waals surface area contributed by atoms with Gasteiger partial charge in [0.25, 0.3) is 5.91 Å². The molecule has 1 aromatic carbocycles. The van der Waals surface area contributed by atoms with E-state index in [1.807, 2.05) is 0 Å².